The summed E-state index contributed by atoms with van der Waals surface area (Å²) < 4.78 is 10.1. The number of alkyl halides is 1. The molecule has 18 heavy (non-hydrogen) atoms. The fourth-order valence-corrected chi connectivity index (χ4v) is 1.57. The normalized spacial score (nSPS) is 10.4. The first-order chi connectivity index (χ1) is 8.72. The number of nitrogens with zero attached hydrogens (tertiary/aromatic N) is 2. The Bertz CT molecular complexity index is 399. The van der Waals surface area contributed by atoms with Crippen LogP contribution in [0.4, 0.5) is 0 Å². The summed E-state index contributed by atoms with van der Waals surface area (Å²) in [7, 11) is 0. The van der Waals surface area contributed by atoms with E-state index in [2.05, 4.69) is 9.97 Å². The molecule has 0 aliphatic heterocycles. The molecule has 6 heteroatoms. The Morgan fingerprint density at radius 3 is 2.78 bits per heavy atom. The maximum atomic E-state index is 11.6. The molecule has 0 spiro atoms. The number of hydrogen-bond acceptors (Lipinski definition) is 5. The Morgan fingerprint density at radius 2 is 2.17 bits per heavy atom. The van der Waals surface area contributed by atoms with Crippen LogP contribution in [-0.2, 0) is 21.8 Å². The molecule has 0 aliphatic carbocycles. The maximum absolute atomic E-state index is 11.6. The van der Waals surface area contributed by atoms with Crippen molar-refractivity contribution in [2.24, 2.45) is 0 Å². The van der Waals surface area contributed by atoms with Crippen LogP contribution in [0.3, 0.4) is 0 Å². The molecule has 0 N–H and O–H groups in total. The second kappa shape index (κ2) is 8.00. The molecule has 1 aromatic heterocycles. The van der Waals surface area contributed by atoms with Gasteiger partial charge in [0.15, 0.2) is 0 Å². The van der Waals surface area contributed by atoms with Gasteiger partial charge in [-0.05, 0) is 13.8 Å². The molecule has 1 aromatic rings. The first-order valence-electron chi connectivity index (χ1n) is 5.88. The third kappa shape index (κ3) is 4.23. The average Bonchev–Trinajstić information content (AvgIpc) is 2.39. The van der Waals surface area contributed by atoms with E-state index in [4.69, 9.17) is 21.1 Å². The average molecular weight is 273 g/mol. The van der Waals surface area contributed by atoms with Crippen molar-refractivity contribution in [2.45, 2.75) is 26.1 Å². The van der Waals surface area contributed by atoms with Crippen LogP contribution in [0.5, 0.6) is 0 Å². The Labute approximate surface area is 111 Å². The summed E-state index contributed by atoms with van der Waals surface area (Å²) >= 11 is 5.78. The molecule has 0 aliphatic rings. The quantitative estimate of drug-likeness (QED) is 0.431. The number of esters is 1. The monoisotopic (exact) mass is 272 g/mol. The number of halogens is 1. The number of carbonyl (C=O) groups is 1. The topological polar surface area (TPSA) is 61.3 Å². The molecule has 1 heterocycles. The molecule has 0 saturated heterocycles. The van der Waals surface area contributed by atoms with Gasteiger partial charge in [-0.3, -0.25) is 0 Å². The van der Waals surface area contributed by atoms with Crippen molar-refractivity contribution in [3.05, 3.63) is 23.3 Å². The lowest BCUT2D eigenvalue weighted by molar-refractivity contribution is 0.0524. The Balaban J connectivity index is 2.79. The number of rotatable bonds is 7. The number of hydrogen-bond donors (Lipinski definition) is 0. The zero-order valence-corrected chi connectivity index (χ0v) is 11.4. The minimum atomic E-state index is -0.440. The second-order valence-electron chi connectivity index (χ2n) is 3.45. The van der Waals surface area contributed by atoms with Crippen molar-refractivity contribution < 1.29 is 14.3 Å². The van der Waals surface area contributed by atoms with Gasteiger partial charge in [0.2, 0.25) is 0 Å². The first-order valence-corrected chi connectivity index (χ1v) is 6.42. The lowest BCUT2D eigenvalue weighted by atomic mass is 10.2. The Kier molecular flexibility index (Phi) is 6.60. The van der Waals surface area contributed by atoms with E-state index >= 15 is 0 Å². The van der Waals surface area contributed by atoms with Gasteiger partial charge in [0, 0.05) is 19.2 Å². The predicted molar refractivity (Wildman–Crippen MR) is 67.7 cm³/mol. The highest BCUT2D eigenvalue weighted by atomic mass is 35.5. The van der Waals surface area contributed by atoms with Gasteiger partial charge in [0.05, 0.1) is 24.8 Å². The molecule has 100 valence electrons. The van der Waals surface area contributed by atoms with Crippen molar-refractivity contribution in [1.29, 1.82) is 0 Å². The molecule has 0 amide bonds. The van der Waals surface area contributed by atoms with Crippen LogP contribution in [0.2, 0.25) is 0 Å². The van der Waals surface area contributed by atoms with Crippen LogP contribution in [0.25, 0.3) is 0 Å². The molecule has 0 atom stereocenters. The minimum absolute atomic E-state index is 0.151. The molecular formula is C12H17ClN2O3. The summed E-state index contributed by atoms with van der Waals surface area (Å²) in [5.74, 6) is 0.329. The third-order valence-corrected chi connectivity index (χ3v) is 2.47. The Hall–Kier alpha value is -1.20. The van der Waals surface area contributed by atoms with Gasteiger partial charge >= 0.3 is 5.97 Å². The van der Waals surface area contributed by atoms with E-state index in [-0.39, 0.29) is 5.88 Å². The SMILES string of the molecule is CCOCCc1ncc(C(=O)OCC)c(CCl)n1. The molecular weight excluding hydrogens is 256 g/mol. The molecule has 0 radical (unpaired) electrons. The molecule has 1 rings (SSSR count). The van der Waals surface area contributed by atoms with Gasteiger partial charge in [0.25, 0.3) is 0 Å². The molecule has 5 nitrogen and oxygen atoms in total. The standard InChI is InChI=1S/C12H17ClN2O3/c1-3-17-6-5-11-14-8-9(10(7-13)15-11)12(16)18-4-2/h8H,3-7H2,1-2H3. The summed E-state index contributed by atoms with van der Waals surface area (Å²) in [5.41, 5.74) is 0.823. The van der Waals surface area contributed by atoms with E-state index in [9.17, 15) is 4.79 Å². The van der Waals surface area contributed by atoms with E-state index in [1.165, 1.54) is 6.20 Å². The summed E-state index contributed by atoms with van der Waals surface area (Å²) in [5, 5.41) is 0. The van der Waals surface area contributed by atoms with E-state index in [1.54, 1.807) is 6.92 Å². The van der Waals surface area contributed by atoms with E-state index < -0.39 is 5.97 Å². The maximum Gasteiger partial charge on any atom is 0.341 e. The number of aromatic nitrogens is 2. The summed E-state index contributed by atoms with van der Waals surface area (Å²) in [4.78, 5) is 20.0. The molecule has 0 fully saturated rings. The molecule has 0 unspecified atom stereocenters. The highest BCUT2D eigenvalue weighted by Crippen LogP contribution is 2.10. The summed E-state index contributed by atoms with van der Waals surface area (Å²) in [6.07, 6.45) is 2.06. The van der Waals surface area contributed by atoms with Gasteiger partial charge in [-0.1, -0.05) is 0 Å². The van der Waals surface area contributed by atoms with E-state index in [1.807, 2.05) is 6.92 Å². The molecule has 0 saturated carbocycles. The first kappa shape index (κ1) is 14.9. The van der Waals surface area contributed by atoms with E-state index in [0.717, 1.165) is 0 Å². The zero-order valence-electron chi connectivity index (χ0n) is 10.6. The van der Waals surface area contributed by atoms with Gasteiger partial charge < -0.3 is 9.47 Å². The fraction of sp³-hybridized carbons (Fsp3) is 0.583. The number of ether oxygens (including phenoxy) is 2. The van der Waals surface area contributed by atoms with Gasteiger partial charge in [-0.2, -0.15) is 0 Å². The predicted octanol–water partition coefficient (Wildman–Crippen LogP) is 1.97. The van der Waals surface area contributed by atoms with Crippen molar-refractivity contribution in [2.75, 3.05) is 19.8 Å². The minimum Gasteiger partial charge on any atom is -0.462 e. The lowest BCUT2D eigenvalue weighted by Gasteiger charge is -2.07. The van der Waals surface area contributed by atoms with E-state index in [0.29, 0.717) is 43.3 Å². The lowest BCUT2D eigenvalue weighted by Crippen LogP contribution is -2.12. The summed E-state index contributed by atoms with van der Waals surface area (Å²) in [6, 6.07) is 0. The van der Waals surface area contributed by atoms with Gasteiger partial charge in [-0.25, -0.2) is 14.8 Å². The van der Waals surface area contributed by atoms with Crippen LogP contribution in [-0.4, -0.2) is 35.8 Å². The second-order valence-corrected chi connectivity index (χ2v) is 3.71. The molecule has 0 bridgehead atoms. The van der Waals surface area contributed by atoms with Crippen LogP contribution in [0, 0.1) is 0 Å². The van der Waals surface area contributed by atoms with Crippen LogP contribution in [0.1, 0.15) is 35.7 Å². The summed E-state index contributed by atoms with van der Waals surface area (Å²) in [6.45, 7) is 5.19. The van der Waals surface area contributed by atoms with Gasteiger partial charge in [-0.15, -0.1) is 11.6 Å². The fourth-order valence-electron chi connectivity index (χ4n) is 1.37. The van der Waals surface area contributed by atoms with Crippen molar-refractivity contribution >= 4 is 17.6 Å². The van der Waals surface area contributed by atoms with Crippen molar-refractivity contribution in [3.63, 3.8) is 0 Å². The smallest absolute Gasteiger partial charge is 0.341 e. The van der Waals surface area contributed by atoms with Gasteiger partial charge in [0.1, 0.15) is 11.4 Å². The van der Waals surface area contributed by atoms with Crippen molar-refractivity contribution in [1.82, 2.24) is 9.97 Å². The third-order valence-electron chi connectivity index (χ3n) is 2.21. The molecule has 0 aromatic carbocycles. The zero-order chi connectivity index (χ0) is 13.4. The largest absolute Gasteiger partial charge is 0.462 e. The van der Waals surface area contributed by atoms with Crippen LogP contribution >= 0.6 is 11.6 Å². The van der Waals surface area contributed by atoms with Crippen LogP contribution < -0.4 is 0 Å². The highest BCUT2D eigenvalue weighted by molar-refractivity contribution is 6.17. The number of carbonyl (C=O) groups excluding carboxylic acids is 1. The van der Waals surface area contributed by atoms with Crippen molar-refractivity contribution in [3.8, 4) is 0 Å². The van der Waals surface area contributed by atoms with Crippen LogP contribution in [0.15, 0.2) is 6.20 Å². The highest BCUT2D eigenvalue weighted by Gasteiger charge is 2.14. The Morgan fingerprint density at radius 1 is 1.39 bits per heavy atom.